The Morgan fingerprint density at radius 1 is 1.11 bits per heavy atom. The quantitative estimate of drug-likeness (QED) is 0.335. The molecule has 0 aliphatic carbocycles. The van der Waals surface area contributed by atoms with Crippen LogP contribution < -0.4 is 4.74 Å². The first kappa shape index (κ1) is 24.1. The summed E-state index contributed by atoms with van der Waals surface area (Å²) in [4.78, 5) is 23.5. The Morgan fingerprint density at radius 3 is 2.72 bits per heavy atom. The second-order valence-electron chi connectivity index (χ2n) is 9.49. The van der Waals surface area contributed by atoms with E-state index in [-0.39, 0.29) is 12.0 Å². The highest BCUT2D eigenvalue weighted by Crippen LogP contribution is 2.26. The van der Waals surface area contributed by atoms with E-state index >= 15 is 0 Å². The summed E-state index contributed by atoms with van der Waals surface area (Å²) < 4.78 is 11.8. The molecular formula is C30H33N3O3. The number of carbonyl (C=O) groups is 1. The zero-order valence-electron chi connectivity index (χ0n) is 21.0. The fourth-order valence-electron chi connectivity index (χ4n) is 4.82. The third-order valence-corrected chi connectivity index (χ3v) is 6.96. The molecule has 5 rings (SSSR count). The largest absolute Gasteiger partial charge is 0.493 e. The SMILES string of the molecule is Cc1[nH]c2c(C(=O)N(Cc3ccc(OCCc4ccccn4)cc3)CC3CCCO3)cccc2c1C. The minimum Gasteiger partial charge on any atom is -0.493 e. The number of aryl methyl sites for hydroxylation is 2. The van der Waals surface area contributed by atoms with Crippen LogP contribution in [0.5, 0.6) is 5.75 Å². The molecule has 186 valence electrons. The van der Waals surface area contributed by atoms with Crippen LogP contribution in [0.3, 0.4) is 0 Å². The number of nitrogens with one attached hydrogen (secondary N) is 1. The summed E-state index contributed by atoms with van der Waals surface area (Å²) in [6.45, 7) is 6.57. The maximum atomic E-state index is 13.8. The first-order valence-electron chi connectivity index (χ1n) is 12.7. The fraction of sp³-hybridized carbons (Fsp3) is 0.333. The van der Waals surface area contributed by atoms with Crippen LogP contribution in [0.1, 0.15) is 45.7 Å². The normalized spacial score (nSPS) is 15.3. The number of ether oxygens (including phenoxy) is 2. The van der Waals surface area contributed by atoms with Crippen molar-refractivity contribution in [3.63, 3.8) is 0 Å². The molecule has 1 N–H and O–H groups in total. The van der Waals surface area contributed by atoms with Gasteiger partial charge in [-0.05, 0) is 68.1 Å². The van der Waals surface area contributed by atoms with Crippen LogP contribution >= 0.6 is 0 Å². The minimum atomic E-state index is 0.0213. The summed E-state index contributed by atoms with van der Waals surface area (Å²) in [6.07, 6.45) is 4.66. The highest BCUT2D eigenvalue weighted by atomic mass is 16.5. The summed E-state index contributed by atoms with van der Waals surface area (Å²) in [5.41, 5.74) is 5.96. The van der Waals surface area contributed by atoms with Crippen molar-refractivity contribution in [1.82, 2.24) is 14.9 Å². The number of rotatable bonds is 9. The van der Waals surface area contributed by atoms with Gasteiger partial charge in [-0.1, -0.05) is 30.3 Å². The van der Waals surface area contributed by atoms with E-state index in [0.29, 0.717) is 25.3 Å². The van der Waals surface area contributed by atoms with Crippen molar-refractivity contribution in [2.24, 2.45) is 0 Å². The zero-order chi connectivity index (χ0) is 24.9. The molecule has 1 atom stereocenters. The lowest BCUT2D eigenvalue weighted by molar-refractivity contribution is 0.0508. The van der Waals surface area contributed by atoms with Crippen LogP contribution in [-0.4, -0.2) is 46.6 Å². The smallest absolute Gasteiger partial charge is 0.256 e. The van der Waals surface area contributed by atoms with Crippen LogP contribution in [0, 0.1) is 13.8 Å². The number of aromatic amines is 1. The lowest BCUT2D eigenvalue weighted by atomic mass is 10.1. The molecule has 1 unspecified atom stereocenters. The van der Waals surface area contributed by atoms with Gasteiger partial charge < -0.3 is 19.4 Å². The summed E-state index contributed by atoms with van der Waals surface area (Å²) >= 11 is 0. The van der Waals surface area contributed by atoms with E-state index < -0.39 is 0 Å². The fourth-order valence-corrected chi connectivity index (χ4v) is 4.82. The van der Waals surface area contributed by atoms with Crippen LogP contribution in [-0.2, 0) is 17.7 Å². The monoisotopic (exact) mass is 483 g/mol. The van der Waals surface area contributed by atoms with Gasteiger partial charge in [-0.25, -0.2) is 0 Å². The summed E-state index contributed by atoms with van der Waals surface area (Å²) in [5.74, 6) is 0.835. The van der Waals surface area contributed by atoms with Gasteiger partial charge in [-0.15, -0.1) is 0 Å². The van der Waals surface area contributed by atoms with Crippen LogP contribution in [0.2, 0.25) is 0 Å². The Balaban J connectivity index is 1.30. The molecule has 0 radical (unpaired) electrons. The first-order chi connectivity index (χ1) is 17.6. The molecule has 36 heavy (non-hydrogen) atoms. The van der Waals surface area contributed by atoms with Gasteiger partial charge in [0.25, 0.3) is 5.91 Å². The molecule has 1 saturated heterocycles. The van der Waals surface area contributed by atoms with E-state index in [1.165, 1.54) is 5.56 Å². The van der Waals surface area contributed by atoms with Crippen molar-refractivity contribution in [2.45, 2.75) is 45.8 Å². The molecular weight excluding hydrogens is 450 g/mol. The third kappa shape index (κ3) is 5.44. The van der Waals surface area contributed by atoms with Crippen LogP contribution in [0.4, 0.5) is 0 Å². The van der Waals surface area contributed by atoms with Gasteiger partial charge in [0.15, 0.2) is 0 Å². The summed E-state index contributed by atoms with van der Waals surface area (Å²) in [7, 11) is 0. The highest BCUT2D eigenvalue weighted by Gasteiger charge is 2.25. The van der Waals surface area contributed by atoms with Gasteiger partial charge >= 0.3 is 0 Å². The predicted octanol–water partition coefficient (Wildman–Crippen LogP) is 5.62. The van der Waals surface area contributed by atoms with Gasteiger partial charge in [0, 0.05) is 49.1 Å². The Kier molecular flexibility index (Phi) is 7.33. The molecule has 1 fully saturated rings. The van der Waals surface area contributed by atoms with E-state index in [9.17, 15) is 4.79 Å². The van der Waals surface area contributed by atoms with Crippen molar-refractivity contribution in [1.29, 1.82) is 0 Å². The van der Waals surface area contributed by atoms with E-state index in [4.69, 9.17) is 9.47 Å². The maximum absolute atomic E-state index is 13.8. The Hall–Kier alpha value is -3.64. The van der Waals surface area contributed by atoms with Crippen LogP contribution in [0.25, 0.3) is 10.9 Å². The molecule has 2 aromatic carbocycles. The van der Waals surface area contributed by atoms with Gasteiger partial charge in [0.05, 0.1) is 23.8 Å². The zero-order valence-corrected chi connectivity index (χ0v) is 21.0. The molecule has 0 bridgehead atoms. The van der Waals surface area contributed by atoms with Crippen molar-refractivity contribution in [3.05, 3.63) is 94.9 Å². The number of pyridine rings is 1. The van der Waals surface area contributed by atoms with Gasteiger partial charge in [-0.3, -0.25) is 9.78 Å². The van der Waals surface area contributed by atoms with Crippen molar-refractivity contribution in [2.75, 3.05) is 19.8 Å². The Bertz CT molecular complexity index is 1310. The molecule has 0 saturated carbocycles. The second-order valence-corrected chi connectivity index (χ2v) is 9.49. The summed E-state index contributed by atoms with van der Waals surface area (Å²) in [6, 6.07) is 19.9. The number of aromatic nitrogens is 2. The number of carbonyl (C=O) groups excluding carboxylic acids is 1. The van der Waals surface area contributed by atoms with Crippen molar-refractivity contribution in [3.8, 4) is 5.75 Å². The van der Waals surface area contributed by atoms with E-state index in [2.05, 4.69) is 23.0 Å². The predicted molar refractivity (Wildman–Crippen MR) is 141 cm³/mol. The standard InChI is InChI=1S/C30H33N3O3/c1-21-22(2)32-29-27(21)9-5-10-28(29)30(34)33(20-26-8-6-17-35-26)19-23-11-13-25(14-12-23)36-18-15-24-7-3-4-16-31-24/h3-5,7,9-14,16,26,32H,6,8,15,17-20H2,1-2H3. The minimum absolute atomic E-state index is 0.0213. The highest BCUT2D eigenvalue weighted by molar-refractivity contribution is 6.06. The number of amides is 1. The molecule has 6 heteroatoms. The number of hydrogen-bond donors (Lipinski definition) is 1. The first-order valence-corrected chi connectivity index (χ1v) is 12.7. The van der Waals surface area contributed by atoms with E-state index in [1.807, 2.05) is 66.4 Å². The average Bonchev–Trinajstić information content (AvgIpc) is 3.52. The molecule has 4 aromatic rings. The molecule has 3 heterocycles. The molecule has 0 spiro atoms. The Labute approximate surface area is 212 Å². The molecule has 1 amide bonds. The van der Waals surface area contributed by atoms with Gasteiger partial charge in [0.2, 0.25) is 0 Å². The van der Waals surface area contributed by atoms with Crippen molar-refractivity contribution >= 4 is 16.8 Å². The number of benzene rings is 2. The topological polar surface area (TPSA) is 67.5 Å². The lowest BCUT2D eigenvalue weighted by Crippen LogP contribution is -2.37. The maximum Gasteiger partial charge on any atom is 0.256 e. The number of hydrogen-bond acceptors (Lipinski definition) is 4. The van der Waals surface area contributed by atoms with E-state index in [1.54, 1.807) is 6.20 Å². The summed E-state index contributed by atoms with van der Waals surface area (Å²) in [5, 5.41) is 1.10. The van der Waals surface area contributed by atoms with Crippen molar-refractivity contribution < 1.29 is 14.3 Å². The number of nitrogens with zero attached hydrogens (tertiary/aromatic N) is 2. The number of H-pyrrole nitrogens is 1. The average molecular weight is 484 g/mol. The molecule has 6 nitrogen and oxygen atoms in total. The van der Waals surface area contributed by atoms with E-state index in [0.717, 1.165) is 59.5 Å². The molecule has 2 aromatic heterocycles. The second kappa shape index (κ2) is 11.0. The van der Waals surface area contributed by atoms with Gasteiger partial charge in [0.1, 0.15) is 5.75 Å². The van der Waals surface area contributed by atoms with Crippen LogP contribution in [0.15, 0.2) is 66.9 Å². The van der Waals surface area contributed by atoms with Gasteiger partial charge in [-0.2, -0.15) is 0 Å². The lowest BCUT2D eigenvalue weighted by Gasteiger charge is -2.26. The third-order valence-electron chi connectivity index (χ3n) is 6.96. The number of para-hydroxylation sites is 1. The number of fused-ring (bicyclic) bond motifs is 1. The molecule has 1 aliphatic heterocycles. The Morgan fingerprint density at radius 2 is 1.97 bits per heavy atom. The molecule has 1 aliphatic rings.